The van der Waals surface area contributed by atoms with Crippen molar-refractivity contribution in [3.05, 3.63) is 34.6 Å². The normalized spacial score (nSPS) is 11.0. The Morgan fingerprint density at radius 1 is 1.24 bits per heavy atom. The van der Waals surface area contributed by atoms with E-state index in [9.17, 15) is 13.2 Å². The van der Waals surface area contributed by atoms with Crippen molar-refractivity contribution in [1.29, 1.82) is 0 Å². The molecule has 2 rings (SSSR count). The van der Waals surface area contributed by atoms with Crippen LogP contribution in [-0.2, 0) is 6.18 Å². The second-order valence-corrected chi connectivity index (χ2v) is 3.30. The number of tetrazole rings is 1. The molecule has 0 radical (unpaired) electrons. The Labute approximate surface area is 142 Å². The first kappa shape index (κ1) is 15.0. The van der Waals surface area contributed by atoms with Crippen LogP contribution in [0.3, 0.4) is 0 Å². The Hall–Kier alpha value is -0.0636. The molecule has 1 heterocycles. The van der Waals surface area contributed by atoms with E-state index in [-0.39, 0.29) is 61.8 Å². The van der Waals surface area contributed by atoms with Crippen molar-refractivity contribution in [1.82, 2.24) is 20.2 Å². The van der Waals surface area contributed by atoms with E-state index in [1.807, 2.05) is 0 Å². The monoisotopic (exact) mass is 285 g/mol. The molecule has 0 saturated carbocycles. The molecule has 0 unspecified atom stereocenters. The maximum absolute atomic E-state index is 12.7. The number of alkyl halides is 3. The molecule has 0 spiro atoms. The molecule has 84 valence electrons. The summed E-state index contributed by atoms with van der Waals surface area (Å²) in [5, 5.41) is 9.04. The maximum Gasteiger partial charge on any atom is 1.00 e. The average Bonchev–Trinajstić information content (AvgIpc) is 2.63. The minimum atomic E-state index is -4.45. The number of hydrogen-bond donors (Lipinski definition) is 1. The Morgan fingerprint density at radius 3 is 2.41 bits per heavy atom. The van der Waals surface area contributed by atoms with E-state index < -0.39 is 11.7 Å². The Kier molecular flexibility index (Phi) is 5.04. The first-order valence-corrected chi connectivity index (χ1v) is 4.57. The van der Waals surface area contributed by atoms with Gasteiger partial charge in [0.15, 0.2) is 0 Å². The van der Waals surface area contributed by atoms with Gasteiger partial charge in [0.1, 0.15) is 0 Å². The van der Waals surface area contributed by atoms with Crippen molar-refractivity contribution in [2.75, 3.05) is 0 Å². The molecule has 9 heteroatoms. The second kappa shape index (κ2) is 5.72. The fourth-order valence-corrected chi connectivity index (χ4v) is 1.44. The first-order valence-electron chi connectivity index (χ1n) is 4.17. The summed E-state index contributed by atoms with van der Waals surface area (Å²) in [5.41, 5.74) is -0.915. The molecule has 0 amide bonds. The van der Waals surface area contributed by atoms with Gasteiger partial charge in [-0.05, 0) is 24.4 Å². The minimum absolute atomic E-state index is 0. The summed E-state index contributed by atoms with van der Waals surface area (Å²) >= 11 is 4.74. The molecular weight excluding hydrogens is 280 g/mol. The number of aromatic nitrogens is 4. The third-order valence-electron chi connectivity index (χ3n) is 1.92. The van der Waals surface area contributed by atoms with Crippen molar-refractivity contribution in [3.8, 4) is 5.69 Å². The molecule has 17 heavy (non-hydrogen) atoms. The third-order valence-corrected chi connectivity index (χ3v) is 2.19. The zero-order chi connectivity index (χ0) is 11.8. The van der Waals surface area contributed by atoms with Gasteiger partial charge in [-0.15, -0.1) is 0 Å². The summed E-state index contributed by atoms with van der Waals surface area (Å²) in [6.07, 6.45) is -4.45. The number of rotatable bonds is 1. The summed E-state index contributed by atoms with van der Waals surface area (Å²) in [5.74, 6) is 0. The molecule has 0 bridgehead atoms. The van der Waals surface area contributed by atoms with Crippen LogP contribution in [0.25, 0.3) is 5.69 Å². The van der Waals surface area contributed by atoms with Crippen LogP contribution in [0.15, 0.2) is 24.3 Å². The fourth-order valence-electron chi connectivity index (χ4n) is 1.26. The van der Waals surface area contributed by atoms with E-state index in [1.54, 1.807) is 0 Å². The smallest absolute Gasteiger partial charge is 0.209 e. The molecule has 1 N–H and O–H groups in total. The van der Waals surface area contributed by atoms with Gasteiger partial charge in [0.25, 0.3) is 0 Å². The zero-order valence-corrected chi connectivity index (χ0v) is 12.6. The van der Waals surface area contributed by atoms with Crippen molar-refractivity contribution in [2.45, 2.75) is 6.18 Å². The van der Waals surface area contributed by atoms with E-state index in [2.05, 4.69) is 15.5 Å². The summed E-state index contributed by atoms with van der Waals surface area (Å²) in [6.45, 7) is 0. The number of nitrogens with zero attached hydrogens (tertiary/aromatic N) is 3. The number of para-hydroxylation sites is 1. The number of hydrogen-bond acceptors (Lipinski definition) is 3. The van der Waals surface area contributed by atoms with Crippen LogP contribution in [-0.4, -0.2) is 20.2 Å². The van der Waals surface area contributed by atoms with Gasteiger partial charge in [-0.2, -0.15) is 18.4 Å². The van der Waals surface area contributed by atoms with Gasteiger partial charge < -0.3 is 0 Å². The van der Waals surface area contributed by atoms with Gasteiger partial charge in [0.05, 0.1) is 11.3 Å². The maximum atomic E-state index is 12.7. The Bertz CT molecular complexity index is 562. The van der Waals surface area contributed by atoms with Crippen LogP contribution in [0, 0.1) is 4.77 Å². The first-order chi connectivity index (χ1) is 7.50. The van der Waals surface area contributed by atoms with E-state index in [4.69, 9.17) is 12.2 Å². The van der Waals surface area contributed by atoms with Crippen LogP contribution < -0.4 is 51.4 Å². The molecule has 0 aliphatic carbocycles. The second-order valence-electron chi connectivity index (χ2n) is 2.93. The number of halogens is 3. The molecule has 0 aliphatic heterocycles. The van der Waals surface area contributed by atoms with Gasteiger partial charge in [0, 0.05) is 0 Å². The molecule has 0 aliphatic rings. The average molecular weight is 285 g/mol. The van der Waals surface area contributed by atoms with Crippen LogP contribution in [0.4, 0.5) is 13.2 Å². The number of benzene rings is 1. The van der Waals surface area contributed by atoms with Crippen molar-refractivity contribution >= 4 is 12.2 Å². The molecule has 0 saturated heterocycles. The summed E-state index contributed by atoms with van der Waals surface area (Å²) in [7, 11) is 0. The van der Waals surface area contributed by atoms with Crippen LogP contribution in [0.2, 0.25) is 0 Å². The SMILES string of the molecule is FC(F)(F)c1ccccc1-n1[nH]nnc1=S.[K+]. The zero-order valence-electron chi connectivity index (χ0n) is 8.69. The summed E-state index contributed by atoms with van der Waals surface area (Å²) in [4.78, 5) is 0. The Balaban J connectivity index is 0.00000144. The third kappa shape index (κ3) is 3.23. The van der Waals surface area contributed by atoms with E-state index in [0.29, 0.717) is 0 Å². The van der Waals surface area contributed by atoms with Gasteiger partial charge in [-0.1, -0.05) is 22.4 Å². The molecule has 2 aromatic rings. The van der Waals surface area contributed by atoms with Gasteiger partial charge >= 0.3 is 57.6 Å². The molecule has 1 aromatic carbocycles. The van der Waals surface area contributed by atoms with Crippen LogP contribution >= 0.6 is 12.2 Å². The fraction of sp³-hybridized carbons (Fsp3) is 0.125. The molecular formula is C8H5F3KN4S+. The number of nitrogens with one attached hydrogen (secondary N) is 1. The van der Waals surface area contributed by atoms with Crippen LogP contribution in [0.5, 0.6) is 0 Å². The standard InChI is InChI=1S/C8H5F3N4S.K/c9-8(10,11)5-3-1-2-4-6(5)15-7(16)12-13-14-15;/h1-4H,(H,12,14,16);/q;+1. The van der Waals surface area contributed by atoms with Crippen molar-refractivity contribution in [2.24, 2.45) is 0 Å². The summed E-state index contributed by atoms with van der Waals surface area (Å²) in [6, 6.07) is 5.04. The topological polar surface area (TPSA) is 46.5 Å². The van der Waals surface area contributed by atoms with Crippen molar-refractivity contribution in [3.63, 3.8) is 0 Å². The Morgan fingerprint density at radius 2 is 1.88 bits per heavy atom. The summed E-state index contributed by atoms with van der Waals surface area (Å²) < 4.78 is 38.9. The predicted octanol–water partition coefficient (Wildman–Crippen LogP) is -0.652. The van der Waals surface area contributed by atoms with E-state index >= 15 is 0 Å². The molecule has 1 aromatic heterocycles. The van der Waals surface area contributed by atoms with E-state index in [1.165, 1.54) is 18.2 Å². The largest absolute Gasteiger partial charge is 1.00 e. The van der Waals surface area contributed by atoms with Gasteiger partial charge in [-0.25, -0.2) is 4.68 Å². The van der Waals surface area contributed by atoms with Crippen molar-refractivity contribution < 1.29 is 64.6 Å². The molecule has 0 atom stereocenters. The number of H-pyrrole nitrogens is 1. The molecule has 4 nitrogen and oxygen atoms in total. The number of aromatic amines is 1. The van der Waals surface area contributed by atoms with E-state index in [0.717, 1.165) is 10.7 Å². The molecule has 0 fully saturated rings. The van der Waals surface area contributed by atoms with Crippen LogP contribution in [0.1, 0.15) is 5.56 Å². The minimum Gasteiger partial charge on any atom is -0.209 e. The quantitative estimate of drug-likeness (QED) is 0.559. The predicted molar refractivity (Wildman–Crippen MR) is 51.5 cm³/mol. The van der Waals surface area contributed by atoms with Gasteiger partial charge in [0.2, 0.25) is 4.77 Å². The van der Waals surface area contributed by atoms with Gasteiger partial charge in [-0.3, -0.25) is 0 Å².